The van der Waals surface area contributed by atoms with Crippen molar-refractivity contribution in [2.24, 2.45) is 5.92 Å². The molecule has 1 aromatic rings. The molecule has 0 radical (unpaired) electrons. The fourth-order valence-corrected chi connectivity index (χ4v) is 9.55. The molecule has 1 rings (SSSR count). The van der Waals surface area contributed by atoms with Crippen LogP contribution in [0.15, 0.2) is 18.2 Å². The molecule has 0 atom stereocenters. The SMILES string of the molecule is CC(C)CCN(CCSC(C)C)CCSC(C)C.CC(C)SCCN(CCSC(C)C)C(C)C.CC(C)SCc1cc(CSC(C)C)cc(C(C)C)c1. The quantitative estimate of drug-likeness (QED) is 0.0853. The molecule has 0 unspecified atom stereocenters. The van der Waals surface area contributed by atoms with Gasteiger partial charge >= 0.3 is 0 Å². The molecule has 0 N–H and O–H groups in total. The predicted molar refractivity (Wildman–Crippen MR) is 266 cm³/mol. The van der Waals surface area contributed by atoms with Crippen molar-refractivity contribution in [1.29, 1.82) is 0 Å². The Hall–Kier alpha value is 1.24. The van der Waals surface area contributed by atoms with E-state index in [0.717, 1.165) is 38.4 Å². The second-order valence-corrected chi connectivity index (χ2v) is 26.7. The van der Waals surface area contributed by atoms with Gasteiger partial charge in [-0.15, -0.1) is 0 Å². The summed E-state index contributed by atoms with van der Waals surface area (Å²) < 4.78 is 0. The van der Waals surface area contributed by atoms with Crippen LogP contribution in [0, 0.1) is 5.92 Å². The minimum Gasteiger partial charge on any atom is -0.302 e. The van der Waals surface area contributed by atoms with Gasteiger partial charge in [-0.1, -0.05) is 129 Å². The van der Waals surface area contributed by atoms with E-state index in [1.165, 1.54) is 78.8 Å². The Kier molecular flexibility index (Phi) is 37.4. The van der Waals surface area contributed by atoms with Gasteiger partial charge in [0.1, 0.15) is 0 Å². The molecule has 0 saturated carbocycles. The van der Waals surface area contributed by atoms with E-state index in [2.05, 4.69) is 200 Å². The van der Waals surface area contributed by atoms with E-state index < -0.39 is 0 Å². The lowest BCUT2D eigenvalue weighted by molar-refractivity contribution is 0.251. The van der Waals surface area contributed by atoms with Gasteiger partial charge in [-0.2, -0.15) is 70.6 Å². The maximum Gasteiger partial charge on any atom is 0.0187 e. The van der Waals surface area contributed by atoms with Crippen LogP contribution in [0.1, 0.15) is 154 Å². The van der Waals surface area contributed by atoms with Crippen LogP contribution < -0.4 is 0 Å². The van der Waals surface area contributed by atoms with E-state index >= 15 is 0 Å². The third-order valence-electron chi connectivity index (χ3n) is 8.04. The molecule has 0 aromatic heterocycles. The minimum atomic E-state index is 0.617. The zero-order valence-corrected chi connectivity index (χ0v) is 43.2. The van der Waals surface area contributed by atoms with Crippen LogP contribution in [-0.2, 0) is 11.5 Å². The summed E-state index contributed by atoms with van der Waals surface area (Å²) in [4.78, 5) is 5.26. The fourth-order valence-electron chi connectivity index (χ4n) is 4.87. The van der Waals surface area contributed by atoms with Gasteiger partial charge in [0.05, 0.1) is 0 Å². The maximum atomic E-state index is 2.66. The van der Waals surface area contributed by atoms with E-state index in [1.807, 2.05) is 23.5 Å². The first kappa shape index (κ1) is 56.3. The molecule has 0 fully saturated rings. The van der Waals surface area contributed by atoms with Crippen molar-refractivity contribution >= 4 is 70.6 Å². The lowest BCUT2D eigenvalue weighted by atomic mass is 9.99. The lowest BCUT2D eigenvalue weighted by Gasteiger charge is -2.26. The van der Waals surface area contributed by atoms with E-state index in [4.69, 9.17) is 0 Å². The minimum absolute atomic E-state index is 0.617. The van der Waals surface area contributed by atoms with Gasteiger partial charge in [0.2, 0.25) is 0 Å². The van der Waals surface area contributed by atoms with Gasteiger partial charge in [0.15, 0.2) is 0 Å². The van der Waals surface area contributed by atoms with Crippen LogP contribution in [0.3, 0.4) is 0 Å². The summed E-state index contributed by atoms with van der Waals surface area (Å²) in [5.74, 6) is 8.80. The molecule has 0 amide bonds. The van der Waals surface area contributed by atoms with Crippen molar-refractivity contribution in [3.05, 3.63) is 34.9 Å². The third kappa shape index (κ3) is 38.5. The first-order valence-electron chi connectivity index (χ1n) is 21.0. The Morgan fingerprint density at radius 3 is 1.04 bits per heavy atom. The molecule has 1 aromatic carbocycles. The molecule has 2 nitrogen and oxygen atoms in total. The third-order valence-corrected chi connectivity index (χ3v) is 14.7. The van der Waals surface area contributed by atoms with Crippen LogP contribution in [0.25, 0.3) is 0 Å². The highest BCUT2D eigenvalue weighted by atomic mass is 32.2. The van der Waals surface area contributed by atoms with Crippen LogP contribution in [0.2, 0.25) is 0 Å². The highest BCUT2D eigenvalue weighted by molar-refractivity contribution is 8.00. The molecule has 0 heterocycles. The molecule has 0 spiro atoms. The molecule has 53 heavy (non-hydrogen) atoms. The monoisotopic (exact) mass is 851 g/mol. The number of rotatable bonds is 27. The highest BCUT2D eigenvalue weighted by Gasteiger charge is 2.11. The van der Waals surface area contributed by atoms with Gasteiger partial charge in [0, 0.05) is 66.7 Å². The van der Waals surface area contributed by atoms with Gasteiger partial charge in [-0.3, -0.25) is 4.90 Å². The largest absolute Gasteiger partial charge is 0.302 e. The summed E-state index contributed by atoms with van der Waals surface area (Å²) in [5.41, 5.74) is 4.47. The average molecular weight is 852 g/mol. The van der Waals surface area contributed by atoms with Crippen LogP contribution >= 0.6 is 70.6 Å². The smallest absolute Gasteiger partial charge is 0.0187 e. The number of hydrogen-bond acceptors (Lipinski definition) is 8. The molecule has 8 heteroatoms. The van der Waals surface area contributed by atoms with Gasteiger partial charge in [-0.25, -0.2) is 0 Å². The van der Waals surface area contributed by atoms with Crippen molar-refractivity contribution < 1.29 is 0 Å². The number of benzene rings is 1. The zero-order chi connectivity index (χ0) is 40.9. The van der Waals surface area contributed by atoms with Crippen molar-refractivity contribution in [1.82, 2.24) is 9.80 Å². The van der Waals surface area contributed by atoms with Crippen LogP contribution in [-0.4, -0.2) is 103 Å². The van der Waals surface area contributed by atoms with Crippen LogP contribution in [0.4, 0.5) is 0 Å². The topological polar surface area (TPSA) is 6.48 Å². The normalized spacial score (nSPS) is 12.2. The zero-order valence-electron chi connectivity index (χ0n) is 38.3. The van der Waals surface area contributed by atoms with Crippen molar-refractivity contribution in [2.75, 3.05) is 55.7 Å². The van der Waals surface area contributed by atoms with E-state index in [9.17, 15) is 0 Å². The van der Waals surface area contributed by atoms with Crippen LogP contribution in [0.5, 0.6) is 0 Å². The molecule has 0 aliphatic rings. The van der Waals surface area contributed by atoms with Gasteiger partial charge in [-0.05, 0) is 86.8 Å². The Bertz CT molecular complexity index is 891. The molecular weight excluding hydrogens is 761 g/mol. The molecule has 0 aliphatic carbocycles. The summed E-state index contributed by atoms with van der Waals surface area (Å²) in [6, 6.07) is 7.87. The summed E-state index contributed by atoms with van der Waals surface area (Å²) in [6.45, 7) is 47.4. The predicted octanol–water partition coefficient (Wildman–Crippen LogP) is 14.7. The Labute approximate surface area is 360 Å². The Morgan fingerprint density at radius 2 is 0.755 bits per heavy atom. The second-order valence-electron chi connectivity index (χ2n) is 16.8. The maximum absolute atomic E-state index is 2.66. The number of thioether (sulfide) groups is 6. The molecule has 0 saturated heterocycles. The molecule has 0 bridgehead atoms. The van der Waals surface area contributed by atoms with E-state index in [1.54, 1.807) is 0 Å². The van der Waals surface area contributed by atoms with E-state index in [0.29, 0.717) is 22.5 Å². The molecule has 316 valence electrons. The molecular formula is C45H90N2S6. The van der Waals surface area contributed by atoms with Gasteiger partial charge in [0.25, 0.3) is 0 Å². The summed E-state index contributed by atoms with van der Waals surface area (Å²) in [5, 5.41) is 4.47. The Balaban J connectivity index is 0. The van der Waals surface area contributed by atoms with Gasteiger partial charge < -0.3 is 4.90 Å². The second kappa shape index (κ2) is 35.2. The van der Waals surface area contributed by atoms with Crippen molar-refractivity contribution in [3.63, 3.8) is 0 Å². The first-order chi connectivity index (χ1) is 24.7. The number of nitrogens with zero attached hydrogens (tertiary/aromatic N) is 2. The van der Waals surface area contributed by atoms with Crippen molar-refractivity contribution in [2.45, 2.75) is 186 Å². The summed E-state index contributed by atoms with van der Waals surface area (Å²) in [6.07, 6.45) is 1.33. The van der Waals surface area contributed by atoms with Crippen molar-refractivity contribution in [3.8, 4) is 0 Å². The average Bonchev–Trinajstić information content (AvgIpc) is 3.04. The van der Waals surface area contributed by atoms with E-state index in [-0.39, 0.29) is 0 Å². The highest BCUT2D eigenvalue weighted by Crippen LogP contribution is 2.26. The Morgan fingerprint density at radius 1 is 0.415 bits per heavy atom. The summed E-state index contributed by atoms with van der Waals surface area (Å²) >= 11 is 12.4. The molecule has 0 aliphatic heterocycles. The standard InChI is InChI=1S/C17H28S2.C15H33NS2.C13H29NS2/c1-12(2)17-8-15(10-18-13(3)4)7-16(9-17)11-19-14(5)6;1-13(2)7-8-16(9-11-17-14(3)4)10-12-18-15(5)6;1-11(2)14(7-9-15-12(3)4)8-10-16-13(5)6/h7-9,12-14H,10-11H2,1-6H3;13-15H,7-12H2,1-6H3;11-13H,7-10H2,1-6H3. The fraction of sp³-hybridized carbons (Fsp3) is 0.867. The lowest BCUT2D eigenvalue weighted by Crippen LogP contribution is -2.35. The first-order valence-corrected chi connectivity index (χ1v) is 27.3. The summed E-state index contributed by atoms with van der Waals surface area (Å²) in [7, 11) is 0. The number of hydrogen-bond donors (Lipinski definition) is 0.